The molecule has 2 aliphatic heterocycles. The molecular weight excluding hydrogens is 561 g/mol. The van der Waals surface area contributed by atoms with Gasteiger partial charge in [-0.05, 0) is 60.4 Å². The van der Waals surface area contributed by atoms with Crippen LogP contribution in [0.15, 0.2) is 54.7 Å². The minimum absolute atomic E-state index is 0.00150. The third kappa shape index (κ3) is 5.15. The van der Waals surface area contributed by atoms with E-state index in [1.54, 1.807) is 18.2 Å². The Hall–Kier alpha value is -4.19. The first-order valence-corrected chi connectivity index (χ1v) is 14.2. The number of hydrogen-bond acceptors (Lipinski definition) is 7. The van der Waals surface area contributed by atoms with E-state index in [-0.39, 0.29) is 17.6 Å². The van der Waals surface area contributed by atoms with Crippen molar-refractivity contribution >= 4 is 40.0 Å². The van der Waals surface area contributed by atoms with Crippen LogP contribution >= 0.6 is 11.6 Å². The summed E-state index contributed by atoms with van der Waals surface area (Å²) < 4.78 is 23.9. The van der Waals surface area contributed by atoms with Gasteiger partial charge in [0.05, 0.1) is 36.8 Å². The Morgan fingerprint density at radius 3 is 2.79 bits per heavy atom. The lowest BCUT2D eigenvalue weighted by atomic mass is 10.1. The molecule has 42 heavy (non-hydrogen) atoms. The molecule has 5 aromatic rings. The molecule has 0 radical (unpaired) electrons. The second-order valence-corrected chi connectivity index (χ2v) is 11.1. The summed E-state index contributed by atoms with van der Waals surface area (Å²) in [4.78, 5) is 27.6. The molecule has 1 saturated heterocycles. The summed E-state index contributed by atoms with van der Waals surface area (Å²) in [5.41, 5.74) is 5.30. The lowest BCUT2D eigenvalue weighted by Gasteiger charge is -2.29. The van der Waals surface area contributed by atoms with Crippen molar-refractivity contribution in [2.24, 2.45) is 0 Å². The molecule has 1 fully saturated rings. The normalized spacial score (nSPS) is 17.5. The number of pyridine rings is 1. The smallest absolute Gasteiger partial charge is 0.354 e. The molecule has 10 nitrogen and oxygen atoms in total. The number of carboxylic acid groups (broad SMARTS) is 1. The van der Waals surface area contributed by atoms with Crippen LogP contribution in [0.5, 0.6) is 0 Å². The summed E-state index contributed by atoms with van der Waals surface area (Å²) in [7, 11) is 0. The van der Waals surface area contributed by atoms with Gasteiger partial charge in [-0.1, -0.05) is 23.7 Å². The number of nitrogens with zero attached hydrogens (tertiary/aromatic N) is 7. The van der Waals surface area contributed by atoms with Gasteiger partial charge in [0.1, 0.15) is 17.2 Å². The molecule has 0 saturated carbocycles. The van der Waals surface area contributed by atoms with Crippen molar-refractivity contribution in [3.8, 4) is 0 Å². The molecule has 0 spiro atoms. The lowest BCUT2D eigenvalue weighted by molar-refractivity contribution is -0.0592. The van der Waals surface area contributed by atoms with Crippen LogP contribution in [0, 0.1) is 5.82 Å². The maximum atomic E-state index is 14.4. The molecule has 6 heterocycles. The van der Waals surface area contributed by atoms with Crippen molar-refractivity contribution in [1.82, 2.24) is 34.0 Å². The maximum Gasteiger partial charge on any atom is 0.354 e. The van der Waals surface area contributed by atoms with Gasteiger partial charge in [0.15, 0.2) is 17.0 Å². The molecule has 4 aromatic heterocycles. The number of rotatable bonds is 8. The number of ether oxygens (including phenoxy) is 1. The molecule has 0 unspecified atom stereocenters. The van der Waals surface area contributed by atoms with Crippen LogP contribution in [0.1, 0.15) is 46.1 Å². The van der Waals surface area contributed by atoms with Crippen LogP contribution < -0.4 is 0 Å². The van der Waals surface area contributed by atoms with Crippen molar-refractivity contribution < 1.29 is 19.0 Å². The van der Waals surface area contributed by atoms with Crippen LogP contribution in [0.25, 0.3) is 22.4 Å². The summed E-state index contributed by atoms with van der Waals surface area (Å²) in [5, 5.41) is 14.6. The van der Waals surface area contributed by atoms with Gasteiger partial charge < -0.3 is 14.4 Å². The molecular formula is C30H27ClFN7O3. The van der Waals surface area contributed by atoms with Crippen LogP contribution in [-0.2, 0) is 24.2 Å². The Morgan fingerprint density at radius 1 is 1.17 bits per heavy atom. The summed E-state index contributed by atoms with van der Waals surface area (Å²) in [6, 6.07) is 11.7. The van der Waals surface area contributed by atoms with Crippen molar-refractivity contribution in [1.29, 1.82) is 0 Å². The fourth-order valence-electron chi connectivity index (χ4n) is 5.48. The molecule has 1 atom stereocenters. The number of aromatic nitrogens is 6. The molecule has 1 N–H and O–H groups in total. The Balaban J connectivity index is 1.11. The van der Waals surface area contributed by atoms with Gasteiger partial charge in [0.2, 0.25) is 0 Å². The fourth-order valence-corrected chi connectivity index (χ4v) is 5.64. The topological polar surface area (TPSA) is 111 Å². The second kappa shape index (κ2) is 10.9. The quantitative estimate of drug-likeness (QED) is 0.280. The largest absolute Gasteiger partial charge is 0.477 e. The van der Waals surface area contributed by atoms with E-state index in [4.69, 9.17) is 26.4 Å². The molecule has 1 aromatic carbocycles. The highest BCUT2D eigenvalue weighted by Crippen LogP contribution is 2.26. The Bertz CT molecular complexity index is 1860. The SMILES string of the molecule is O=C(O)c1ccc2nc(CN3CC=C(c4cnc5ccc(Cc6ccc(Cl)cc6F)nn45)CC3)n(C[C@@H]3CCO3)c2n1. The number of fused-ring (bicyclic) bond motifs is 2. The third-order valence-corrected chi connectivity index (χ3v) is 8.10. The van der Waals surface area contributed by atoms with Crippen LogP contribution in [0.4, 0.5) is 4.39 Å². The number of carbonyl (C=O) groups is 1. The molecule has 12 heteroatoms. The predicted molar refractivity (Wildman–Crippen MR) is 154 cm³/mol. The monoisotopic (exact) mass is 587 g/mol. The van der Waals surface area contributed by atoms with E-state index in [1.807, 2.05) is 27.4 Å². The zero-order chi connectivity index (χ0) is 28.8. The minimum atomic E-state index is -1.06. The minimum Gasteiger partial charge on any atom is -0.477 e. The van der Waals surface area contributed by atoms with E-state index in [0.29, 0.717) is 47.8 Å². The molecule has 214 valence electrons. The number of carboxylic acids is 1. The number of hydrogen-bond donors (Lipinski definition) is 1. The molecule has 2 aliphatic rings. The zero-order valence-corrected chi connectivity index (χ0v) is 23.3. The number of halogens is 2. The van der Waals surface area contributed by atoms with Crippen molar-refractivity contribution in [2.45, 2.75) is 38.5 Å². The van der Waals surface area contributed by atoms with Crippen molar-refractivity contribution in [2.75, 3.05) is 19.7 Å². The van der Waals surface area contributed by atoms with E-state index < -0.39 is 5.97 Å². The van der Waals surface area contributed by atoms with Crippen LogP contribution in [-0.4, -0.2) is 70.9 Å². The number of benzene rings is 1. The maximum absolute atomic E-state index is 14.4. The highest BCUT2D eigenvalue weighted by Gasteiger charge is 2.25. The van der Waals surface area contributed by atoms with Gasteiger partial charge in [-0.3, -0.25) is 4.90 Å². The van der Waals surface area contributed by atoms with Crippen LogP contribution in [0.3, 0.4) is 0 Å². The van der Waals surface area contributed by atoms with E-state index in [2.05, 4.69) is 20.9 Å². The van der Waals surface area contributed by atoms with Gasteiger partial charge in [0.25, 0.3) is 0 Å². The molecule has 0 bridgehead atoms. The van der Waals surface area contributed by atoms with Gasteiger partial charge >= 0.3 is 5.97 Å². The predicted octanol–water partition coefficient (Wildman–Crippen LogP) is 4.63. The second-order valence-electron chi connectivity index (χ2n) is 10.6. The Kier molecular flexibility index (Phi) is 6.93. The van der Waals surface area contributed by atoms with Crippen molar-refractivity contribution in [3.63, 3.8) is 0 Å². The lowest BCUT2D eigenvalue weighted by Crippen LogP contribution is -2.34. The van der Waals surface area contributed by atoms with Gasteiger partial charge in [-0.25, -0.2) is 28.7 Å². The molecule has 7 rings (SSSR count). The summed E-state index contributed by atoms with van der Waals surface area (Å²) >= 11 is 5.91. The first-order chi connectivity index (χ1) is 20.4. The summed E-state index contributed by atoms with van der Waals surface area (Å²) in [5.74, 6) is -0.578. The Labute approximate surface area is 245 Å². The van der Waals surface area contributed by atoms with Gasteiger partial charge in [-0.15, -0.1) is 0 Å². The van der Waals surface area contributed by atoms with E-state index in [0.717, 1.165) is 54.4 Å². The Morgan fingerprint density at radius 2 is 2.05 bits per heavy atom. The zero-order valence-electron chi connectivity index (χ0n) is 22.6. The summed E-state index contributed by atoms with van der Waals surface area (Å²) in [6.45, 7) is 3.42. The highest BCUT2D eigenvalue weighted by atomic mass is 35.5. The highest BCUT2D eigenvalue weighted by molar-refractivity contribution is 6.30. The molecule has 0 aliphatic carbocycles. The number of imidazole rings is 2. The van der Waals surface area contributed by atoms with Gasteiger partial charge in [0, 0.05) is 31.1 Å². The van der Waals surface area contributed by atoms with E-state index >= 15 is 0 Å². The third-order valence-electron chi connectivity index (χ3n) is 7.86. The average molecular weight is 588 g/mol. The first-order valence-electron chi connectivity index (χ1n) is 13.8. The fraction of sp³-hybridized carbons (Fsp3) is 0.300. The molecule has 0 amide bonds. The van der Waals surface area contributed by atoms with Crippen LogP contribution in [0.2, 0.25) is 5.02 Å². The van der Waals surface area contributed by atoms with Crippen molar-refractivity contribution in [3.05, 3.63) is 94.0 Å². The number of aromatic carboxylic acids is 1. The van der Waals surface area contributed by atoms with E-state index in [9.17, 15) is 14.3 Å². The van der Waals surface area contributed by atoms with Gasteiger partial charge in [-0.2, -0.15) is 5.10 Å². The standard InChI is InChI=1S/C30H27ClFN7O3/c31-20-2-1-19(23(32)14-20)13-21-3-6-27-33-15-26(39(27)36-21)18-7-10-37(11-8-18)17-28-34-24-4-5-25(30(40)41)35-29(24)38(28)16-22-9-12-42-22/h1-7,14-15,22H,8-13,16-17H2,(H,40,41)/t22-/m0/s1. The first kappa shape index (κ1) is 26.7. The van der Waals surface area contributed by atoms with E-state index in [1.165, 1.54) is 12.1 Å². The average Bonchev–Trinajstić information content (AvgIpc) is 3.53. The summed E-state index contributed by atoms with van der Waals surface area (Å²) in [6.07, 6.45) is 6.19.